The first-order valence-corrected chi connectivity index (χ1v) is 7.02. The van der Waals surface area contributed by atoms with E-state index >= 15 is 0 Å². The lowest BCUT2D eigenvalue weighted by atomic mass is 10.0. The van der Waals surface area contributed by atoms with Gasteiger partial charge in [0.05, 0.1) is 10.4 Å². The largest absolute Gasteiger partial charge is 0.370 e. The van der Waals surface area contributed by atoms with E-state index in [0.717, 1.165) is 28.8 Å². The number of aromatic nitrogens is 3. The highest BCUT2D eigenvalue weighted by Crippen LogP contribution is 2.29. The van der Waals surface area contributed by atoms with Crippen molar-refractivity contribution in [3.8, 4) is 10.7 Å². The highest BCUT2D eigenvalue weighted by Gasteiger charge is 2.15. The number of hydrogen-bond acceptors (Lipinski definition) is 5. The minimum Gasteiger partial charge on any atom is -0.370 e. The second kappa shape index (κ2) is 5.44. The lowest BCUT2D eigenvalue weighted by molar-refractivity contribution is 0.831. The summed E-state index contributed by atoms with van der Waals surface area (Å²) < 4.78 is 0. The summed E-state index contributed by atoms with van der Waals surface area (Å²) in [6, 6.07) is 0. The lowest BCUT2D eigenvalue weighted by Gasteiger charge is -2.16. The van der Waals surface area contributed by atoms with Crippen LogP contribution in [0.15, 0.2) is 11.7 Å². The standard InChI is InChI=1S/C13H18N4S/c1-5-15-13-11(8(2)3)9(4)16-12(17-13)10-6-14-7-18-10/h6-8H,5H2,1-4H3,(H,15,16,17). The van der Waals surface area contributed by atoms with Crippen LogP contribution in [-0.4, -0.2) is 21.5 Å². The van der Waals surface area contributed by atoms with Crippen molar-refractivity contribution >= 4 is 17.2 Å². The van der Waals surface area contributed by atoms with E-state index < -0.39 is 0 Å². The molecule has 0 radical (unpaired) electrons. The van der Waals surface area contributed by atoms with E-state index in [-0.39, 0.29) is 0 Å². The van der Waals surface area contributed by atoms with E-state index in [2.05, 4.69) is 41.0 Å². The SMILES string of the molecule is CCNc1nc(-c2cncs2)nc(C)c1C(C)C. The van der Waals surface area contributed by atoms with Gasteiger partial charge >= 0.3 is 0 Å². The molecule has 5 heteroatoms. The highest BCUT2D eigenvalue weighted by atomic mass is 32.1. The lowest BCUT2D eigenvalue weighted by Crippen LogP contribution is -2.09. The summed E-state index contributed by atoms with van der Waals surface area (Å²) in [6.45, 7) is 9.31. The molecule has 2 aromatic heterocycles. The zero-order valence-electron chi connectivity index (χ0n) is 11.2. The summed E-state index contributed by atoms with van der Waals surface area (Å²) in [6.07, 6.45) is 1.81. The fraction of sp³-hybridized carbons (Fsp3) is 0.462. The van der Waals surface area contributed by atoms with Gasteiger partial charge in [-0.05, 0) is 19.8 Å². The minimum absolute atomic E-state index is 0.412. The Kier molecular flexibility index (Phi) is 3.91. The van der Waals surface area contributed by atoms with Gasteiger partial charge in [-0.2, -0.15) is 0 Å². The van der Waals surface area contributed by atoms with E-state index in [0.29, 0.717) is 5.92 Å². The van der Waals surface area contributed by atoms with Crippen LogP contribution in [0, 0.1) is 6.92 Å². The van der Waals surface area contributed by atoms with Crippen molar-refractivity contribution in [1.29, 1.82) is 0 Å². The molecule has 0 aromatic carbocycles. The van der Waals surface area contributed by atoms with Gasteiger partial charge in [0.25, 0.3) is 0 Å². The van der Waals surface area contributed by atoms with Gasteiger partial charge < -0.3 is 5.32 Å². The van der Waals surface area contributed by atoms with Crippen molar-refractivity contribution in [2.75, 3.05) is 11.9 Å². The highest BCUT2D eigenvalue weighted by molar-refractivity contribution is 7.13. The molecule has 0 bridgehead atoms. The first kappa shape index (κ1) is 13.0. The van der Waals surface area contributed by atoms with E-state index in [1.807, 2.05) is 13.1 Å². The molecule has 2 heterocycles. The molecule has 0 spiro atoms. The third-order valence-corrected chi connectivity index (χ3v) is 3.48. The van der Waals surface area contributed by atoms with Crippen LogP contribution in [0.1, 0.15) is 37.9 Å². The molecular formula is C13H18N4S. The topological polar surface area (TPSA) is 50.7 Å². The van der Waals surface area contributed by atoms with Gasteiger partial charge in [0.15, 0.2) is 5.82 Å². The average molecular weight is 262 g/mol. The Morgan fingerprint density at radius 3 is 2.67 bits per heavy atom. The number of hydrogen-bond donors (Lipinski definition) is 1. The second-order valence-electron chi connectivity index (χ2n) is 4.45. The Morgan fingerprint density at radius 1 is 1.33 bits per heavy atom. The van der Waals surface area contributed by atoms with Crippen molar-refractivity contribution < 1.29 is 0 Å². The summed E-state index contributed by atoms with van der Waals surface area (Å²) in [5.41, 5.74) is 4.04. The second-order valence-corrected chi connectivity index (χ2v) is 5.33. The molecule has 4 nitrogen and oxygen atoms in total. The van der Waals surface area contributed by atoms with Gasteiger partial charge in [-0.3, -0.25) is 4.98 Å². The van der Waals surface area contributed by atoms with Crippen molar-refractivity contribution in [3.63, 3.8) is 0 Å². The number of nitrogens with one attached hydrogen (secondary N) is 1. The zero-order chi connectivity index (χ0) is 13.1. The molecule has 0 aliphatic heterocycles. The molecule has 96 valence electrons. The molecule has 0 saturated carbocycles. The summed E-state index contributed by atoms with van der Waals surface area (Å²) >= 11 is 1.56. The summed E-state index contributed by atoms with van der Waals surface area (Å²) in [5, 5.41) is 3.33. The molecule has 1 N–H and O–H groups in total. The Bertz CT molecular complexity index is 520. The van der Waals surface area contributed by atoms with Gasteiger partial charge in [0, 0.05) is 24.0 Å². The van der Waals surface area contributed by atoms with E-state index in [4.69, 9.17) is 0 Å². The minimum atomic E-state index is 0.412. The molecular weight excluding hydrogens is 244 g/mol. The van der Waals surface area contributed by atoms with Crippen molar-refractivity contribution in [2.24, 2.45) is 0 Å². The Balaban J connectivity index is 2.53. The maximum absolute atomic E-state index is 4.64. The third kappa shape index (κ3) is 2.51. The smallest absolute Gasteiger partial charge is 0.173 e. The summed E-state index contributed by atoms with van der Waals surface area (Å²) in [5.74, 6) is 2.12. The number of anilines is 1. The van der Waals surface area contributed by atoms with E-state index in [1.165, 1.54) is 5.56 Å². The van der Waals surface area contributed by atoms with Crippen LogP contribution in [0.5, 0.6) is 0 Å². The van der Waals surface area contributed by atoms with E-state index in [1.54, 1.807) is 16.8 Å². The number of nitrogens with zero attached hydrogens (tertiary/aromatic N) is 3. The fourth-order valence-corrected chi connectivity index (χ4v) is 2.57. The van der Waals surface area contributed by atoms with Crippen LogP contribution in [0.3, 0.4) is 0 Å². The van der Waals surface area contributed by atoms with Crippen molar-refractivity contribution in [1.82, 2.24) is 15.0 Å². The number of aryl methyl sites for hydroxylation is 1. The quantitative estimate of drug-likeness (QED) is 0.916. The predicted octanol–water partition coefficient (Wildman–Crippen LogP) is 3.46. The third-order valence-electron chi connectivity index (χ3n) is 2.71. The molecule has 0 saturated heterocycles. The van der Waals surface area contributed by atoms with Gasteiger partial charge in [0.1, 0.15) is 5.82 Å². The van der Waals surface area contributed by atoms with Crippen molar-refractivity contribution in [2.45, 2.75) is 33.6 Å². The normalized spacial score (nSPS) is 10.9. The Labute approximate surface area is 112 Å². The molecule has 0 aliphatic rings. The monoisotopic (exact) mass is 262 g/mol. The maximum Gasteiger partial charge on any atom is 0.173 e. The van der Waals surface area contributed by atoms with Gasteiger partial charge in [-0.25, -0.2) is 9.97 Å². The maximum atomic E-state index is 4.64. The molecule has 2 aromatic rings. The summed E-state index contributed by atoms with van der Waals surface area (Å²) in [7, 11) is 0. The van der Waals surface area contributed by atoms with Gasteiger partial charge in [-0.1, -0.05) is 13.8 Å². The first-order valence-electron chi connectivity index (χ1n) is 6.14. The van der Waals surface area contributed by atoms with Crippen LogP contribution in [0.4, 0.5) is 5.82 Å². The molecule has 0 amide bonds. The Morgan fingerprint density at radius 2 is 2.11 bits per heavy atom. The molecule has 0 fully saturated rings. The number of thiazole rings is 1. The van der Waals surface area contributed by atoms with Gasteiger partial charge in [0.2, 0.25) is 0 Å². The van der Waals surface area contributed by atoms with Crippen LogP contribution >= 0.6 is 11.3 Å². The van der Waals surface area contributed by atoms with Crippen LogP contribution < -0.4 is 5.32 Å². The molecule has 2 rings (SSSR count). The van der Waals surface area contributed by atoms with E-state index in [9.17, 15) is 0 Å². The molecule has 18 heavy (non-hydrogen) atoms. The average Bonchev–Trinajstić information content (AvgIpc) is 2.81. The summed E-state index contributed by atoms with van der Waals surface area (Å²) in [4.78, 5) is 14.3. The predicted molar refractivity (Wildman–Crippen MR) is 76.1 cm³/mol. The Hall–Kier alpha value is -1.49. The van der Waals surface area contributed by atoms with Crippen LogP contribution in [0.25, 0.3) is 10.7 Å². The van der Waals surface area contributed by atoms with Gasteiger partial charge in [-0.15, -0.1) is 11.3 Å². The van der Waals surface area contributed by atoms with Crippen LogP contribution in [0.2, 0.25) is 0 Å². The fourth-order valence-electron chi connectivity index (χ4n) is 2.01. The van der Waals surface area contributed by atoms with Crippen molar-refractivity contribution in [3.05, 3.63) is 23.0 Å². The molecule has 0 atom stereocenters. The molecule has 0 unspecified atom stereocenters. The zero-order valence-corrected chi connectivity index (χ0v) is 12.0. The first-order chi connectivity index (χ1) is 8.63. The molecule has 0 aliphatic carbocycles. The van der Waals surface area contributed by atoms with Crippen LogP contribution in [-0.2, 0) is 0 Å². The number of rotatable bonds is 4.